The normalized spacial score (nSPS) is 14.4. The van der Waals surface area contributed by atoms with Crippen LogP contribution in [-0.4, -0.2) is 26.7 Å². The standard InChI is InChI=1S/C5H12N2O/c1-5(8-3)7-4-6-2/h4-5H,1-3H3,(H,6,7). The fourth-order valence-corrected chi connectivity index (χ4v) is 0.248. The molecule has 0 aliphatic heterocycles. The predicted molar refractivity (Wildman–Crippen MR) is 34.0 cm³/mol. The Balaban J connectivity index is 3.10. The van der Waals surface area contributed by atoms with Crippen molar-refractivity contribution < 1.29 is 4.74 Å². The summed E-state index contributed by atoms with van der Waals surface area (Å²) < 4.78 is 4.85. The Hall–Kier alpha value is -0.570. The number of hydrogen-bond donors (Lipinski definition) is 1. The SMILES string of the molecule is C/N=C\NC(C)OC. The molecule has 1 N–H and O–H groups in total. The third-order valence-corrected chi connectivity index (χ3v) is 0.792. The summed E-state index contributed by atoms with van der Waals surface area (Å²) in [7, 11) is 3.34. The molecule has 8 heavy (non-hydrogen) atoms. The van der Waals surface area contributed by atoms with Gasteiger partial charge >= 0.3 is 0 Å². The van der Waals surface area contributed by atoms with Crippen LogP contribution in [0.3, 0.4) is 0 Å². The largest absolute Gasteiger partial charge is 0.362 e. The summed E-state index contributed by atoms with van der Waals surface area (Å²) >= 11 is 0. The van der Waals surface area contributed by atoms with E-state index in [0.29, 0.717) is 0 Å². The van der Waals surface area contributed by atoms with Crippen LogP contribution in [0.25, 0.3) is 0 Å². The zero-order valence-corrected chi connectivity index (χ0v) is 5.51. The number of hydrogen-bond acceptors (Lipinski definition) is 2. The lowest BCUT2D eigenvalue weighted by Gasteiger charge is -2.06. The summed E-state index contributed by atoms with van der Waals surface area (Å²) in [6.07, 6.45) is 1.66. The summed E-state index contributed by atoms with van der Waals surface area (Å²) in [6.45, 7) is 1.90. The van der Waals surface area contributed by atoms with Crippen molar-refractivity contribution >= 4 is 6.34 Å². The molecule has 0 heterocycles. The Bertz CT molecular complexity index is 72.8. The molecule has 0 aromatic rings. The second-order valence-electron chi connectivity index (χ2n) is 1.43. The molecule has 0 aromatic heterocycles. The van der Waals surface area contributed by atoms with Gasteiger partial charge in [0.05, 0.1) is 6.34 Å². The molecule has 0 amide bonds. The minimum atomic E-state index is 0.0544. The monoisotopic (exact) mass is 116 g/mol. The third-order valence-electron chi connectivity index (χ3n) is 0.792. The number of nitrogens with zero attached hydrogens (tertiary/aromatic N) is 1. The van der Waals surface area contributed by atoms with Gasteiger partial charge in [0, 0.05) is 14.2 Å². The lowest BCUT2D eigenvalue weighted by Crippen LogP contribution is -2.25. The van der Waals surface area contributed by atoms with E-state index in [1.807, 2.05) is 6.92 Å². The van der Waals surface area contributed by atoms with Crippen molar-refractivity contribution in [3.05, 3.63) is 0 Å². The van der Waals surface area contributed by atoms with Gasteiger partial charge in [-0.25, -0.2) is 0 Å². The fourth-order valence-electron chi connectivity index (χ4n) is 0.248. The van der Waals surface area contributed by atoms with Crippen LogP contribution in [0.15, 0.2) is 4.99 Å². The predicted octanol–water partition coefficient (Wildman–Crippen LogP) is 0.226. The van der Waals surface area contributed by atoms with Gasteiger partial charge in [-0.2, -0.15) is 0 Å². The van der Waals surface area contributed by atoms with E-state index in [1.54, 1.807) is 20.5 Å². The molecule has 1 unspecified atom stereocenters. The average Bonchev–Trinajstić information content (AvgIpc) is 1.83. The Labute approximate surface area is 49.8 Å². The van der Waals surface area contributed by atoms with Crippen molar-refractivity contribution in [2.45, 2.75) is 13.2 Å². The molecular weight excluding hydrogens is 104 g/mol. The highest BCUT2D eigenvalue weighted by molar-refractivity contribution is 5.53. The highest BCUT2D eigenvalue weighted by Gasteiger charge is 1.88. The molecule has 3 heteroatoms. The van der Waals surface area contributed by atoms with Crippen molar-refractivity contribution in [1.29, 1.82) is 0 Å². The van der Waals surface area contributed by atoms with Crippen LogP contribution in [0.5, 0.6) is 0 Å². The summed E-state index contributed by atoms with van der Waals surface area (Å²) in [6, 6.07) is 0. The number of nitrogens with one attached hydrogen (secondary N) is 1. The fraction of sp³-hybridized carbons (Fsp3) is 0.800. The highest BCUT2D eigenvalue weighted by Crippen LogP contribution is 1.75. The average molecular weight is 116 g/mol. The molecule has 3 nitrogen and oxygen atoms in total. The molecule has 0 saturated heterocycles. The van der Waals surface area contributed by atoms with E-state index in [4.69, 9.17) is 4.74 Å². The van der Waals surface area contributed by atoms with Gasteiger partial charge in [-0.15, -0.1) is 0 Å². The maximum absolute atomic E-state index is 4.85. The van der Waals surface area contributed by atoms with E-state index in [2.05, 4.69) is 10.3 Å². The molecule has 0 spiro atoms. The molecule has 0 aliphatic rings. The molecule has 0 rings (SSSR count). The molecule has 1 atom stereocenters. The van der Waals surface area contributed by atoms with E-state index < -0.39 is 0 Å². The van der Waals surface area contributed by atoms with E-state index >= 15 is 0 Å². The zero-order chi connectivity index (χ0) is 6.41. The van der Waals surface area contributed by atoms with Gasteiger partial charge in [0.2, 0.25) is 0 Å². The zero-order valence-electron chi connectivity index (χ0n) is 5.51. The van der Waals surface area contributed by atoms with E-state index in [1.165, 1.54) is 0 Å². The van der Waals surface area contributed by atoms with Gasteiger partial charge in [-0.3, -0.25) is 4.99 Å². The number of methoxy groups -OCH3 is 1. The summed E-state index contributed by atoms with van der Waals surface area (Å²) in [5.74, 6) is 0. The summed E-state index contributed by atoms with van der Waals surface area (Å²) in [4.78, 5) is 3.71. The molecule has 0 aromatic carbocycles. The minimum absolute atomic E-state index is 0.0544. The van der Waals surface area contributed by atoms with Crippen LogP contribution in [0, 0.1) is 0 Å². The topological polar surface area (TPSA) is 33.6 Å². The van der Waals surface area contributed by atoms with Crippen molar-refractivity contribution in [1.82, 2.24) is 5.32 Å². The Morgan fingerprint density at radius 1 is 1.75 bits per heavy atom. The lowest BCUT2D eigenvalue weighted by molar-refractivity contribution is 0.108. The van der Waals surface area contributed by atoms with Gasteiger partial charge in [-0.05, 0) is 6.92 Å². The molecule has 0 radical (unpaired) electrons. The van der Waals surface area contributed by atoms with Crippen molar-refractivity contribution in [3.8, 4) is 0 Å². The van der Waals surface area contributed by atoms with E-state index in [9.17, 15) is 0 Å². The van der Waals surface area contributed by atoms with Crippen LogP contribution < -0.4 is 5.32 Å². The number of ether oxygens (including phenoxy) is 1. The first-order chi connectivity index (χ1) is 3.81. The van der Waals surface area contributed by atoms with Crippen LogP contribution in [0.1, 0.15) is 6.92 Å². The van der Waals surface area contributed by atoms with Crippen LogP contribution in [0.4, 0.5) is 0 Å². The van der Waals surface area contributed by atoms with Crippen molar-refractivity contribution in [3.63, 3.8) is 0 Å². The first-order valence-electron chi connectivity index (χ1n) is 2.50. The Kier molecular flexibility index (Phi) is 4.26. The van der Waals surface area contributed by atoms with Gasteiger partial charge < -0.3 is 10.1 Å². The van der Waals surface area contributed by atoms with Gasteiger partial charge in [-0.1, -0.05) is 0 Å². The Morgan fingerprint density at radius 3 is 2.75 bits per heavy atom. The van der Waals surface area contributed by atoms with Gasteiger partial charge in [0.15, 0.2) is 0 Å². The van der Waals surface area contributed by atoms with Crippen LogP contribution >= 0.6 is 0 Å². The molecule has 48 valence electrons. The van der Waals surface area contributed by atoms with Crippen molar-refractivity contribution in [2.75, 3.05) is 14.2 Å². The molecule has 0 saturated carbocycles. The number of rotatable bonds is 3. The molecule has 0 bridgehead atoms. The minimum Gasteiger partial charge on any atom is -0.362 e. The smallest absolute Gasteiger partial charge is 0.125 e. The molecule has 0 aliphatic carbocycles. The van der Waals surface area contributed by atoms with Crippen LogP contribution in [0.2, 0.25) is 0 Å². The van der Waals surface area contributed by atoms with E-state index in [0.717, 1.165) is 0 Å². The molecular formula is C5H12N2O. The Morgan fingerprint density at radius 2 is 2.38 bits per heavy atom. The summed E-state index contributed by atoms with van der Waals surface area (Å²) in [5, 5.41) is 2.87. The maximum Gasteiger partial charge on any atom is 0.125 e. The number of aliphatic imine (C=N–C) groups is 1. The van der Waals surface area contributed by atoms with Crippen molar-refractivity contribution in [2.24, 2.45) is 4.99 Å². The second kappa shape index (κ2) is 4.59. The third kappa shape index (κ3) is 3.61. The summed E-state index contributed by atoms with van der Waals surface area (Å²) in [5.41, 5.74) is 0. The quantitative estimate of drug-likeness (QED) is 0.325. The van der Waals surface area contributed by atoms with Gasteiger partial charge in [0.25, 0.3) is 0 Å². The van der Waals surface area contributed by atoms with Gasteiger partial charge in [0.1, 0.15) is 6.23 Å². The highest BCUT2D eigenvalue weighted by atomic mass is 16.5. The van der Waals surface area contributed by atoms with Crippen LogP contribution in [-0.2, 0) is 4.74 Å². The molecule has 0 fully saturated rings. The second-order valence-corrected chi connectivity index (χ2v) is 1.43. The first kappa shape index (κ1) is 7.43. The van der Waals surface area contributed by atoms with E-state index in [-0.39, 0.29) is 6.23 Å². The first-order valence-corrected chi connectivity index (χ1v) is 2.50. The lowest BCUT2D eigenvalue weighted by atomic mass is 10.7. The maximum atomic E-state index is 4.85.